The Bertz CT molecular complexity index is 1480. The predicted molar refractivity (Wildman–Crippen MR) is 138 cm³/mol. The van der Waals surface area contributed by atoms with E-state index >= 15 is 0 Å². The Hall–Kier alpha value is -3.39. The molecule has 1 aliphatic heterocycles. The number of aromatic nitrogens is 1. The summed E-state index contributed by atoms with van der Waals surface area (Å²) in [5, 5.41) is 12.6. The number of hydrogen-bond donors (Lipinski definition) is 1. The van der Waals surface area contributed by atoms with E-state index in [2.05, 4.69) is 4.98 Å². The lowest BCUT2D eigenvalue weighted by Gasteiger charge is -2.23. The first-order valence-electron chi connectivity index (χ1n) is 10.7. The fourth-order valence-electron chi connectivity index (χ4n) is 4.01. The second-order valence-electron chi connectivity index (χ2n) is 7.79. The molecule has 4 aromatic rings. The number of amides is 1. The summed E-state index contributed by atoms with van der Waals surface area (Å²) in [7, 11) is 0. The number of thiazole rings is 1. The quantitative estimate of drug-likeness (QED) is 0.180. The van der Waals surface area contributed by atoms with Gasteiger partial charge in [-0.1, -0.05) is 46.7 Å². The molecule has 0 aliphatic carbocycles. The fourth-order valence-corrected chi connectivity index (χ4v) is 5.41. The number of benzene rings is 3. The van der Waals surface area contributed by atoms with Crippen LogP contribution in [0.1, 0.15) is 24.1 Å². The van der Waals surface area contributed by atoms with Crippen molar-refractivity contribution in [2.75, 3.05) is 11.5 Å². The number of anilines is 1. The number of aliphatic hydroxyl groups is 1. The maximum atomic E-state index is 13.3. The van der Waals surface area contributed by atoms with Crippen LogP contribution in [0, 0.1) is 0 Å². The van der Waals surface area contributed by atoms with Crippen molar-refractivity contribution in [2.45, 2.75) is 13.0 Å². The zero-order valence-electron chi connectivity index (χ0n) is 18.4. The number of hydrogen-bond acceptors (Lipinski definition) is 6. The molecule has 1 atom stereocenters. The molecule has 2 heterocycles. The van der Waals surface area contributed by atoms with E-state index in [0.717, 1.165) is 4.70 Å². The van der Waals surface area contributed by atoms with Crippen LogP contribution >= 0.6 is 34.5 Å². The third-order valence-corrected chi connectivity index (χ3v) is 7.12. The van der Waals surface area contributed by atoms with Gasteiger partial charge in [0.05, 0.1) is 28.4 Å². The highest BCUT2D eigenvalue weighted by atomic mass is 35.5. The topological polar surface area (TPSA) is 79.7 Å². The van der Waals surface area contributed by atoms with Crippen molar-refractivity contribution >= 4 is 67.3 Å². The monoisotopic (exact) mass is 524 g/mol. The van der Waals surface area contributed by atoms with Crippen LogP contribution in [-0.4, -0.2) is 28.4 Å². The maximum absolute atomic E-state index is 13.3. The van der Waals surface area contributed by atoms with Crippen molar-refractivity contribution in [1.29, 1.82) is 0 Å². The van der Waals surface area contributed by atoms with Gasteiger partial charge in [0.2, 0.25) is 0 Å². The number of carbonyl (C=O) groups excluding carboxylic acids is 2. The SMILES string of the molecule is CCOc1ccc(/C(O)=C2\C(=O)C(=O)N(c3nc4ccc(Cl)cc4s3)C2c2ccc(Cl)cc2)cc1. The number of carbonyl (C=O) groups is 2. The Balaban J connectivity index is 1.68. The highest BCUT2D eigenvalue weighted by Gasteiger charge is 2.48. The minimum atomic E-state index is -0.894. The van der Waals surface area contributed by atoms with Crippen LogP contribution in [0.4, 0.5) is 5.13 Å². The molecule has 5 rings (SSSR count). The summed E-state index contributed by atoms with van der Waals surface area (Å²) in [6.07, 6.45) is 0. The Morgan fingerprint density at radius 2 is 1.71 bits per heavy atom. The standard InChI is InChI=1S/C26H18Cl2N2O4S/c1-2-34-18-10-5-15(6-11-18)23(31)21-22(14-3-7-16(27)8-4-14)30(25(33)24(21)32)26-29-19-12-9-17(28)13-20(19)35-26/h3-13,22,31H,2H2,1H3/b23-21+. The molecule has 176 valence electrons. The van der Waals surface area contributed by atoms with Crippen molar-refractivity contribution in [3.63, 3.8) is 0 Å². The van der Waals surface area contributed by atoms with Crippen molar-refractivity contribution in [3.05, 3.63) is 93.5 Å². The van der Waals surface area contributed by atoms with Crippen molar-refractivity contribution in [3.8, 4) is 5.75 Å². The first kappa shape index (κ1) is 23.4. The van der Waals surface area contributed by atoms with Crippen molar-refractivity contribution in [2.24, 2.45) is 0 Å². The average Bonchev–Trinajstić information content (AvgIpc) is 3.37. The van der Waals surface area contributed by atoms with Crippen LogP contribution in [0.2, 0.25) is 10.0 Å². The Morgan fingerprint density at radius 1 is 1.03 bits per heavy atom. The lowest BCUT2D eigenvalue weighted by Crippen LogP contribution is -2.29. The number of Topliss-reactive ketones (excluding diaryl/α,β-unsaturated/α-hetero) is 1. The molecule has 1 aliphatic rings. The number of ketones is 1. The van der Waals surface area contributed by atoms with Gasteiger partial charge in [-0.3, -0.25) is 14.5 Å². The van der Waals surface area contributed by atoms with E-state index in [4.69, 9.17) is 27.9 Å². The third-order valence-electron chi connectivity index (χ3n) is 5.61. The number of nitrogens with zero attached hydrogens (tertiary/aromatic N) is 2. The molecule has 9 heteroatoms. The number of aliphatic hydroxyl groups excluding tert-OH is 1. The lowest BCUT2D eigenvalue weighted by atomic mass is 9.95. The summed E-state index contributed by atoms with van der Waals surface area (Å²) in [5.74, 6) is -1.22. The van der Waals surface area contributed by atoms with Crippen LogP contribution in [0.25, 0.3) is 16.0 Å². The molecule has 0 bridgehead atoms. The molecule has 35 heavy (non-hydrogen) atoms. The zero-order chi connectivity index (χ0) is 24.7. The predicted octanol–water partition coefficient (Wildman–Crippen LogP) is 6.63. The van der Waals surface area contributed by atoms with Gasteiger partial charge >= 0.3 is 5.91 Å². The largest absolute Gasteiger partial charge is 0.507 e. The Labute approximate surface area is 215 Å². The van der Waals surface area contributed by atoms with Crippen LogP contribution < -0.4 is 9.64 Å². The number of fused-ring (bicyclic) bond motifs is 1. The summed E-state index contributed by atoms with van der Waals surface area (Å²) in [6.45, 7) is 2.37. The highest BCUT2D eigenvalue weighted by molar-refractivity contribution is 7.22. The summed E-state index contributed by atoms with van der Waals surface area (Å²) in [4.78, 5) is 32.5. The van der Waals surface area contributed by atoms with E-state index in [0.29, 0.717) is 44.2 Å². The molecule has 3 aromatic carbocycles. The molecule has 1 amide bonds. The summed E-state index contributed by atoms with van der Waals surface area (Å²) >= 11 is 13.5. The average molecular weight is 525 g/mol. The van der Waals surface area contributed by atoms with E-state index in [1.54, 1.807) is 66.7 Å². The summed E-state index contributed by atoms with van der Waals surface area (Å²) in [5.41, 5.74) is 1.62. The van der Waals surface area contributed by atoms with Gasteiger partial charge in [-0.2, -0.15) is 0 Å². The van der Waals surface area contributed by atoms with Gasteiger partial charge in [0.15, 0.2) is 5.13 Å². The van der Waals surface area contributed by atoms with Gasteiger partial charge in [-0.15, -0.1) is 0 Å². The molecule has 1 saturated heterocycles. The van der Waals surface area contributed by atoms with Crippen molar-refractivity contribution < 1.29 is 19.4 Å². The van der Waals surface area contributed by atoms with Crippen LogP contribution in [0.5, 0.6) is 5.75 Å². The fraction of sp³-hybridized carbons (Fsp3) is 0.115. The summed E-state index contributed by atoms with van der Waals surface area (Å²) in [6, 6.07) is 17.8. The number of rotatable bonds is 5. The minimum absolute atomic E-state index is 0.0289. The molecular weight excluding hydrogens is 507 g/mol. The molecule has 0 saturated carbocycles. The molecule has 1 N–H and O–H groups in total. The molecule has 0 spiro atoms. The smallest absolute Gasteiger partial charge is 0.301 e. The van der Waals surface area contributed by atoms with Crippen LogP contribution in [0.15, 0.2) is 72.3 Å². The lowest BCUT2D eigenvalue weighted by molar-refractivity contribution is -0.132. The number of halogens is 2. The molecule has 0 radical (unpaired) electrons. The first-order valence-corrected chi connectivity index (χ1v) is 12.3. The van der Waals surface area contributed by atoms with E-state index < -0.39 is 17.7 Å². The van der Waals surface area contributed by atoms with Gasteiger partial charge < -0.3 is 9.84 Å². The van der Waals surface area contributed by atoms with Gasteiger partial charge in [-0.05, 0) is 67.1 Å². The third kappa shape index (κ3) is 4.27. The zero-order valence-corrected chi connectivity index (χ0v) is 20.7. The minimum Gasteiger partial charge on any atom is -0.507 e. The first-order chi connectivity index (χ1) is 16.9. The maximum Gasteiger partial charge on any atom is 0.301 e. The molecule has 1 fully saturated rings. The second kappa shape index (κ2) is 9.34. The van der Waals surface area contributed by atoms with Crippen LogP contribution in [-0.2, 0) is 9.59 Å². The van der Waals surface area contributed by atoms with E-state index in [9.17, 15) is 14.7 Å². The van der Waals surface area contributed by atoms with Gasteiger partial charge in [0, 0.05) is 15.6 Å². The van der Waals surface area contributed by atoms with E-state index in [1.165, 1.54) is 16.2 Å². The van der Waals surface area contributed by atoms with Crippen LogP contribution in [0.3, 0.4) is 0 Å². The van der Waals surface area contributed by atoms with Crippen molar-refractivity contribution in [1.82, 2.24) is 4.98 Å². The van der Waals surface area contributed by atoms with Gasteiger partial charge in [0.1, 0.15) is 11.5 Å². The normalized spacial score (nSPS) is 17.3. The number of ether oxygens (including phenoxy) is 1. The molecule has 6 nitrogen and oxygen atoms in total. The second-order valence-corrected chi connectivity index (χ2v) is 9.67. The van der Waals surface area contributed by atoms with E-state index in [-0.39, 0.29) is 11.3 Å². The van der Waals surface area contributed by atoms with Gasteiger partial charge in [-0.25, -0.2) is 4.98 Å². The molecular formula is C26H18Cl2N2O4S. The molecule has 1 aromatic heterocycles. The Morgan fingerprint density at radius 3 is 2.40 bits per heavy atom. The van der Waals surface area contributed by atoms with E-state index in [1.807, 2.05) is 6.92 Å². The summed E-state index contributed by atoms with van der Waals surface area (Å²) < 4.78 is 6.24. The van der Waals surface area contributed by atoms with Gasteiger partial charge in [0.25, 0.3) is 5.78 Å². The Kier molecular flexibility index (Phi) is 6.23. The molecule has 1 unspecified atom stereocenters. The highest BCUT2D eigenvalue weighted by Crippen LogP contribution is 2.44.